The van der Waals surface area contributed by atoms with Crippen LogP contribution in [-0.4, -0.2) is 49.9 Å². The van der Waals surface area contributed by atoms with Crippen LogP contribution in [0.3, 0.4) is 0 Å². The van der Waals surface area contributed by atoms with E-state index in [1.54, 1.807) is 7.11 Å². The Labute approximate surface area is 122 Å². The molecule has 106 valence electrons. The molecule has 4 nitrogen and oxygen atoms in total. The second-order valence-electron chi connectivity index (χ2n) is 4.72. The third kappa shape index (κ3) is 3.69. The summed E-state index contributed by atoms with van der Waals surface area (Å²) in [6, 6.07) is 5.93. The monoisotopic (exact) mass is 328 g/mol. The van der Waals surface area contributed by atoms with Gasteiger partial charge in [-0.15, -0.1) is 0 Å². The Morgan fingerprint density at radius 1 is 1.42 bits per heavy atom. The number of rotatable bonds is 4. The van der Waals surface area contributed by atoms with Crippen molar-refractivity contribution in [2.24, 2.45) is 0 Å². The van der Waals surface area contributed by atoms with Crippen LogP contribution in [0.15, 0.2) is 22.7 Å². The van der Waals surface area contributed by atoms with Crippen molar-refractivity contribution in [2.75, 3.05) is 39.9 Å². The van der Waals surface area contributed by atoms with E-state index in [2.05, 4.69) is 26.1 Å². The van der Waals surface area contributed by atoms with E-state index in [-0.39, 0.29) is 12.6 Å². The fourth-order valence-corrected chi connectivity index (χ4v) is 2.93. The molecule has 1 atom stereocenters. The Kier molecular flexibility index (Phi) is 5.63. The first-order valence-corrected chi connectivity index (χ1v) is 7.44. The molecular weight excluding hydrogens is 308 g/mol. The van der Waals surface area contributed by atoms with Crippen LogP contribution in [0, 0.1) is 0 Å². The van der Waals surface area contributed by atoms with Gasteiger partial charge in [0, 0.05) is 29.7 Å². The fraction of sp³-hybridized carbons (Fsp3) is 0.571. The summed E-state index contributed by atoms with van der Waals surface area (Å²) >= 11 is 3.49. The molecule has 0 aromatic heterocycles. The van der Waals surface area contributed by atoms with Crippen molar-refractivity contribution in [1.29, 1.82) is 0 Å². The van der Waals surface area contributed by atoms with Crippen molar-refractivity contribution in [3.05, 3.63) is 28.2 Å². The van der Waals surface area contributed by atoms with Gasteiger partial charge in [0.2, 0.25) is 0 Å². The zero-order chi connectivity index (χ0) is 13.7. The second-order valence-corrected chi connectivity index (χ2v) is 5.64. The van der Waals surface area contributed by atoms with Gasteiger partial charge in [-0.3, -0.25) is 4.90 Å². The number of hydrogen-bond donors (Lipinski definition) is 2. The van der Waals surface area contributed by atoms with Crippen LogP contribution in [0.4, 0.5) is 0 Å². The third-order valence-corrected chi connectivity index (χ3v) is 4.03. The molecule has 1 aliphatic heterocycles. The molecule has 0 bridgehead atoms. The smallest absolute Gasteiger partial charge is 0.123 e. The van der Waals surface area contributed by atoms with E-state index < -0.39 is 0 Å². The van der Waals surface area contributed by atoms with Crippen LogP contribution in [0.1, 0.15) is 18.0 Å². The van der Waals surface area contributed by atoms with Crippen molar-refractivity contribution in [3.8, 4) is 5.75 Å². The number of methoxy groups -OCH3 is 1. The summed E-state index contributed by atoms with van der Waals surface area (Å²) in [5, 5.41) is 13.2. The molecule has 5 heteroatoms. The molecule has 1 unspecified atom stereocenters. The molecule has 0 aliphatic carbocycles. The average Bonchev–Trinajstić information content (AvgIpc) is 2.69. The molecule has 19 heavy (non-hydrogen) atoms. The zero-order valence-electron chi connectivity index (χ0n) is 11.2. The zero-order valence-corrected chi connectivity index (χ0v) is 12.8. The highest BCUT2D eigenvalue weighted by Crippen LogP contribution is 2.32. The maximum Gasteiger partial charge on any atom is 0.123 e. The molecule has 1 aromatic carbocycles. The van der Waals surface area contributed by atoms with Crippen LogP contribution < -0.4 is 10.1 Å². The standard InChI is InChI=1S/C14H21BrN2O2/c1-19-14-4-3-11(15)9-12(14)13(10-18)17-7-2-5-16-6-8-17/h3-4,9,13,16,18H,2,5-8,10H2,1H3. The first kappa shape index (κ1) is 14.8. The predicted molar refractivity (Wildman–Crippen MR) is 79.6 cm³/mol. The number of benzene rings is 1. The molecule has 0 radical (unpaired) electrons. The summed E-state index contributed by atoms with van der Waals surface area (Å²) in [5.41, 5.74) is 1.04. The first-order chi connectivity index (χ1) is 9.26. The average molecular weight is 329 g/mol. The van der Waals surface area contributed by atoms with Crippen molar-refractivity contribution < 1.29 is 9.84 Å². The second kappa shape index (κ2) is 7.24. The largest absolute Gasteiger partial charge is 0.496 e. The molecule has 0 amide bonds. The molecule has 1 saturated heterocycles. The third-order valence-electron chi connectivity index (χ3n) is 3.54. The predicted octanol–water partition coefficient (Wildman–Crippen LogP) is 1.79. The van der Waals surface area contributed by atoms with E-state index >= 15 is 0 Å². The number of hydrogen-bond acceptors (Lipinski definition) is 4. The number of halogens is 1. The van der Waals surface area contributed by atoms with Crippen LogP contribution in [0.2, 0.25) is 0 Å². The van der Waals surface area contributed by atoms with Crippen LogP contribution in [-0.2, 0) is 0 Å². The SMILES string of the molecule is COc1ccc(Br)cc1C(CO)N1CCCNCC1. The van der Waals surface area contributed by atoms with E-state index in [9.17, 15) is 5.11 Å². The van der Waals surface area contributed by atoms with Gasteiger partial charge in [0.05, 0.1) is 19.8 Å². The van der Waals surface area contributed by atoms with Gasteiger partial charge in [-0.25, -0.2) is 0 Å². The summed E-state index contributed by atoms with van der Waals surface area (Å²) in [7, 11) is 1.67. The van der Waals surface area contributed by atoms with Gasteiger partial charge < -0.3 is 15.2 Å². The lowest BCUT2D eigenvalue weighted by Gasteiger charge is -2.30. The minimum Gasteiger partial charge on any atom is -0.496 e. The molecule has 2 rings (SSSR count). The van der Waals surface area contributed by atoms with E-state index in [1.807, 2.05) is 18.2 Å². The minimum absolute atomic E-state index is 0.00708. The van der Waals surface area contributed by atoms with Gasteiger partial charge in [0.1, 0.15) is 5.75 Å². The molecular formula is C14H21BrN2O2. The van der Waals surface area contributed by atoms with Crippen molar-refractivity contribution in [1.82, 2.24) is 10.2 Å². The van der Waals surface area contributed by atoms with Crippen molar-refractivity contribution in [3.63, 3.8) is 0 Å². The Morgan fingerprint density at radius 2 is 2.26 bits per heavy atom. The highest BCUT2D eigenvalue weighted by molar-refractivity contribution is 9.10. The Morgan fingerprint density at radius 3 is 3.00 bits per heavy atom. The summed E-state index contributed by atoms with van der Waals surface area (Å²) in [5.74, 6) is 0.833. The molecule has 1 fully saturated rings. The van der Waals surface area contributed by atoms with Gasteiger partial charge in [0.25, 0.3) is 0 Å². The maximum absolute atomic E-state index is 9.80. The topological polar surface area (TPSA) is 44.7 Å². The van der Waals surface area contributed by atoms with Crippen molar-refractivity contribution in [2.45, 2.75) is 12.5 Å². The lowest BCUT2D eigenvalue weighted by Crippen LogP contribution is -2.34. The lowest BCUT2D eigenvalue weighted by molar-refractivity contribution is 0.127. The Balaban J connectivity index is 2.26. The van der Waals surface area contributed by atoms with Crippen LogP contribution in [0.25, 0.3) is 0 Å². The number of nitrogens with one attached hydrogen (secondary N) is 1. The Bertz CT molecular complexity index is 406. The quantitative estimate of drug-likeness (QED) is 0.884. The lowest BCUT2D eigenvalue weighted by atomic mass is 10.0. The molecule has 0 saturated carbocycles. The Hall–Kier alpha value is -0.620. The maximum atomic E-state index is 9.80. The summed E-state index contributed by atoms with van der Waals surface area (Å²) < 4.78 is 6.44. The highest BCUT2D eigenvalue weighted by Gasteiger charge is 2.23. The van der Waals surface area contributed by atoms with Crippen LogP contribution >= 0.6 is 15.9 Å². The van der Waals surface area contributed by atoms with Gasteiger partial charge >= 0.3 is 0 Å². The van der Waals surface area contributed by atoms with E-state index in [0.29, 0.717) is 0 Å². The molecule has 2 N–H and O–H groups in total. The van der Waals surface area contributed by atoms with Gasteiger partial charge in [-0.1, -0.05) is 15.9 Å². The van der Waals surface area contributed by atoms with Gasteiger partial charge in [-0.05, 0) is 31.2 Å². The molecule has 1 heterocycles. The van der Waals surface area contributed by atoms with Gasteiger partial charge in [-0.2, -0.15) is 0 Å². The molecule has 1 aromatic rings. The summed E-state index contributed by atoms with van der Waals surface area (Å²) in [4.78, 5) is 2.32. The minimum atomic E-state index is -0.00708. The van der Waals surface area contributed by atoms with Crippen LogP contribution in [0.5, 0.6) is 5.75 Å². The number of aliphatic hydroxyl groups excluding tert-OH is 1. The summed E-state index contributed by atoms with van der Waals surface area (Å²) in [6.07, 6.45) is 1.10. The van der Waals surface area contributed by atoms with E-state index in [1.165, 1.54) is 0 Å². The fourth-order valence-electron chi connectivity index (χ4n) is 2.55. The van der Waals surface area contributed by atoms with Crippen molar-refractivity contribution >= 4 is 15.9 Å². The van der Waals surface area contributed by atoms with Gasteiger partial charge in [0.15, 0.2) is 0 Å². The normalized spacial score (nSPS) is 18.9. The molecule has 0 spiro atoms. The number of ether oxygens (including phenoxy) is 1. The molecule has 1 aliphatic rings. The highest BCUT2D eigenvalue weighted by atomic mass is 79.9. The van der Waals surface area contributed by atoms with E-state index in [4.69, 9.17) is 4.74 Å². The summed E-state index contributed by atoms with van der Waals surface area (Å²) in [6.45, 7) is 4.05. The van der Waals surface area contributed by atoms with E-state index in [0.717, 1.165) is 48.4 Å². The number of nitrogens with zero attached hydrogens (tertiary/aromatic N) is 1. The first-order valence-electron chi connectivity index (χ1n) is 6.65. The number of aliphatic hydroxyl groups is 1.